The van der Waals surface area contributed by atoms with E-state index < -0.39 is 0 Å². The summed E-state index contributed by atoms with van der Waals surface area (Å²) < 4.78 is 2.05. The molecular weight excluding hydrogens is 366 g/mol. The summed E-state index contributed by atoms with van der Waals surface area (Å²) in [6, 6.07) is 9.65. The lowest BCUT2D eigenvalue weighted by Gasteiger charge is -2.15. The second-order valence-corrected chi connectivity index (χ2v) is 7.85. The summed E-state index contributed by atoms with van der Waals surface area (Å²) in [6.45, 7) is 4.98. The molecule has 2 N–H and O–H groups in total. The molecule has 2 aliphatic heterocycles. The van der Waals surface area contributed by atoms with E-state index in [0.717, 1.165) is 68.8 Å². The van der Waals surface area contributed by atoms with Crippen LogP contribution in [0.25, 0.3) is 0 Å². The summed E-state index contributed by atoms with van der Waals surface area (Å²) in [5, 5.41) is 11.0. The minimum absolute atomic E-state index is 0.0172. The zero-order chi connectivity index (χ0) is 20.1. The molecule has 0 bridgehead atoms. The van der Waals surface area contributed by atoms with Crippen LogP contribution in [0.5, 0.6) is 0 Å². The van der Waals surface area contributed by atoms with Crippen LogP contribution in [0.4, 0.5) is 0 Å². The van der Waals surface area contributed by atoms with Gasteiger partial charge in [-0.2, -0.15) is 5.10 Å². The Morgan fingerprint density at radius 2 is 1.86 bits per heavy atom. The van der Waals surface area contributed by atoms with Gasteiger partial charge >= 0.3 is 0 Å². The Kier molecular flexibility index (Phi) is 6.24. The number of carbonyl (C=O) groups excluding carboxylic acids is 2. The SMILES string of the molecule is O=C(CCc1cc2n(n1)CCCNC2)NCc1ccc(C(=O)N2CCCC2)cc1. The maximum atomic E-state index is 12.4. The molecule has 2 aliphatic rings. The van der Waals surface area contributed by atoms with Gasteiger partial charge in [0, 0.05) is 51.1 Å². The van der Waals surface area contributed by atoms with Crippen molar-refractivity contribution >= 4 is 11.8 Å². The zero-order valence-corrected chi connectivity index (χ0v) is 16.8. The van der Waals surface area contributed by atoms with Crippen LogP contribution in [0, 0.1) is 0 Å². The topological polar surface area (TPSA) is 79.3 Å². The summed E-state index contributed by atoms with van der Waals surface area (Å²) in [5.41, 5.74) is 3.89. The van der Waals surface area contributed by atoms with Crippen LogP contribution >= 0.6 is 0 Å². The van der Waals surface area contributed by atoms with E-state index in [1.807, 2.05) is 29.2 Å². The quantitative estimate of drug-likeness (QED) is 0.783. The zero-order valence-electron chi connectivity index (χ0n) is 16.8. The van der Waals surface area contributed by atoms with Crippen LogP contribution in [0.2, 0.25) is 0 Å². The second-order valence-electron chi connectivity index (χ2n) is 7.85. The summed E-state index contributed by atoms with van der Waals surface area (Å²) in [7, 11) is 0. The van der Waals surface area contributed by atoms with Crippen molar-refractivity contribution in [2.45, 2.75) is 51.7 Å². The van der Waals surface area contributed by atoms with Gasteiger partial charge in [0.25, 0.3) is 5.91 Å². The number of aromatic nitrogens is 2. The highest BCUT2D eigenvalue weighted by Crippen LogP contribution is 2.14. The molecule has 7 heteroatoms. The monoisotopic (exact) mass is 395 g/mol. The largest absolute Gasteiger partial charge is 0.352 e. The lowest BCUT2D eigenvalue weighted by atomic mass is 10.1. The van der Waals surface area contributed by atoms with Crippen molar-refractivity contribution < 1.29 is 9.59 Å². The molecule has 4 rings (SSSR count). The molecule has 0 spiro atoms. The Morgan fingerprint density at radius 3 is 2.66 bits per heavy atom. The number of aryl methyl sites for hydroxylation is 2. The van der Waals surface area contributed by atoms with Crippen LogP contribution in [0.3, 0.4) is 0 Å². The lowest BCUT2D eigenvalue weighted by Crippen LogP contribution is -2.27. The summed E-state index contributed by atoms with van der Waals surface area (Å²) in [6.07, 6.45) is 4.34. The van der Waals surface area contributed by atoms with Crippen LogP contribution in [-0.2, 0) is 30.8 Å². The molecule has 1 saturated heterocycles. The number of rotatable bonds is 6. The standard InChI is InChI=1S/C22H29N5O2/c28-21(9-8-19-14-20-16-23-10-3-13-27(20)25-19)24-15-17-4-6-18(7-5-17)22(29)26-11-1-2-12-26/h4-7,14,23H,1-3,8-13,15-16H2,(H,24,28). The fraction of sp³-hybridized carbons (Fsp3) is 0.500. The molecule has 3 heterocycles. The molecule has 0 atom stereocenters. The fourth-order valence-corrected chi connectivity index (χ4v) is 3.94. The minimum Gasteiger partial charge on any atom is -0.352 e. The van der Waals surface area contributed by atoms with Crippen molar-refractivity contribution in [2.24, 2.45) is 0 Å². The normalized spacial score (nSPS) is 16.3. The van der Waals surface area contributed by atoms with Crippen molar-refractivity contribution in [1.29, 1.82) is 0 Å². The number of amides is 2. The van der Waals surface area contributed by atoms with Gasteiger partial charge in [-0.3, -0.25) is 14.3 Å². The number of fused-ring (bicyclic) bond motifs is 1. The number of likely N-dealkylation sites (tertiary alicyclic amines) is 1. The van der Waals surface area contributed by atoms with Crippen molar-refractivity contribution in [3.8, 4) is 0 Å². The Bertz CT molecular complexity index is 829. The van der Waals surface area contributed by atoms with Gasteiger partial charge in [0.2, 0.25) is 5.91 Å². The van der Waals surface area contributed by atoms with E-state index in [4.69, 9.17) is 0 Å². The Morgan fingerprint density at radius 1 is 1.07 bits per heavy atom. The van der Waals surface area contributed by atoms with E-state index >= 15 is 0 Å². The van der Waals surface area contributed by atoms with Crippen LogP contribution in [0.1, 0.15) is 53.0 Å². The third kappa shape index (κ3) is 5.03. The van der Waals surface area contributed by atoms with Gasteiger partial charge in [-0.25, -0.2) is 0 Å². The van der Waals surface area contributed by atoms with Crippen molar-refractivity contribution in [3.05, 3.63) is 52.8 Å². The molecule has 7 nitrogen and oxygen atoms in total. The first-order valence-corrected chi connectivity index (χ1v) is 10.6. The first-order chi connectivity index (χ1) is 14.2. The molecule has 154 valence electrons. The van der Waals surface area contributed by atoms with Gasteiger partial charge in [-0.05, 0) is 49.6 Å². The lowest BCUT2D eigenvalue weighted by molar-refractivity contribution is -0.121. The molecule has 0 aliphatic carbocycles. The number of nitrogens with one attached hydrogen (secondary N) is 2. The van der Waals surface area contributed by atoms with Crippen molar-refractivity contribution in [2.75, 3.05) is 19.6 Å². The molecule has 2 amide bonds. The van der Waals surface area contributed by atoms with Crippen LogP contribution in [-0.4, -0.2) is 46.1 Å². The third-order valence-electron chi connectivity index (χ3n) is 5.64. The van der Waals surface area contributed by atoms with Gasteiger partial charge in [0.1, 0.15) is 0 Å². The number of benzene rings is 1. The van der Waals surface area contributed by atoms with E-state index in [-0.39, 0.29) is 11.8 Å². The van der Waals surface area contributed by atoms with Gasteiger partial charge in [-0.1, -0.05) is 12.1 Å². The molecular formula is C22H29N5O2. The maximum absolute atomic E-state index is 12.4. The predicted octanol–water partition coefficient (Wildman–Crippen LogP) is 1.86. The third-order valence-corrected chi connectivity index (χ3v) is 5.64. The highest BCUT2D eigenvalue weighted by atomic mass is 16.2. The molecule has 0 saturated carbocycles. The predicted molar refractivity (Wildman–Crippen MR) is 110 cm³/mol. The van der Waals surface area contributed by atoms with Crippen LogP contribution < -0.4 is 10.6 Å². The molecule has 0 radical (unpaired) electrons. The second kappa shape index (κ2) is 9.22. The molecule has 2 aromatic rings. The van der Waals surface area contributed by atoms with Gasteiger partial charge in [0.05, 0.1) is 11.4 Å². The van der Waals surface area contributed by atoms with E-state index in [2.05, 4.69) is 26.5 Å². The summed E-state index contributed by atoms with van der Waals surface area (Å²) >= 11 is 0. The summed E-state index contributed by atoms with van der Waals surface area (Å²) in [4.78, 5) is 26.5. The van der Waals surface area contributed by atoms with Gasteiger partial charge < -0.3 is 15.5 Å². The molecule has 1 aromatic carbocycles. The van der Waals surface area contributed by atoms with Gasteiger partial charge in [-0.15, -0.1) is 0 Å². The van der Waals surface area contributed by atoms with Crippen molar-refractivity contribution in [1.82, 2.24) is 25.3 Å². The first kappa shape index (κ1) is 19.6. The van der Waals surface area contributed by atoms with E-state index in [9.17, 15) is 9.59 Å². The molecule has 29 heavy (non-hydrogen) atoms. The number of carbonyl (C=O) groups is 2. The fourth-order valence-electron chi connectivity index (χ4n) is 3.94. The molecule has 0 unspecified atom stereocenters. The highest BCUT2D eigenvalue weighted by molar-refractivity contribution is 5.94. The Labute approximate surface area is 171 Å². The smallest absolute Gasteiger partial charge is 0.253 e. The van der Waals surface area contributed by atoms with E-state index in [1.165, 1.54) is 5.69 Å². The average Bonchev–Trinajstić information content (AvgIpc) is 3.36. The highest BCUT2D eigenvalue weighted by Gasteiger charge is 2.19. The Hall–Kier alpha value is -2.67. The van der Waals surface area contributed by atoms with Gasteiger partial charge in [0.15, 0.2) is 0 Å². The number of nitrogens with zero attached hydrogens (tertiary/aromatic N) is 3. The van der Waals surface area contributed by atoms with E-state index in [1.54, 1.807) is 0 Å². The average molecular weight is 396 g/mol. The number of hydrogen-bond donors (Lipinski definition) is 2. The van der Waals surface area contributed by atoms with E-state index in [0.29, 0.717) is 19.4 Å². The first-order valence-electron chi connectivity index (χ1n) is 10.6. The number of hydrogen-bond acceptors (Lipinski definition) is 4. The minimum atomic E-state index is 0.0172. The van der Waals surface area contributed by atoms with Crippen LogP contribution in [0.15, 0.2) is 30.3 Å². The Balaban J connectivity index is 1.23. The van der Waals surface area contributed by atoms with Crippen molar-refractivity contribution in [3.63, 3.8) is 0 Å². The maximum Gasteiger partial charge on any atom is 0.253 e. The molecule has 1 fully saturated rings. The molecule has 1 aromatic heterocycles. The summed E-state index contributed by atoms with van der Waals surface area (Å²) in [5.74, 6) is 0.121.